The number of hydrazine groups is 1. The summed E-state index contributed by atoms with van der Waals surface area (Å²) in [7, 11) is 3.39. The molecule has 2 atom stereocenters. The first-order valence-corrected chi connectivity index (χ1v) is 6.36. The standard InChI is InChI=1S/C13H20ClN3O2/c1-9(10-6-4-5-7-11(10)14)17(2)12(8-19-3)13(18)16-15/h4-7,9,12H,8,15H2,1-3H3,(H,16,18). The number of ether oxygens (including phenoxy) is 1. The first-order chi connectivity index (χ1) is 9.02. The second kappa shape index (κ2) is 7.45. The zero-order chi connectivity index (χ0) is 14.4. The van der Waals surface area contributed by atoms with Crippen molar-refractivity contribution in [3.8, 4) is 0 Å². The predicted octanol–water partition coefficient (Wildman–Crippen LogP) is 1.34. The quantitative estimate of drug-likeness (QED) is 0.470. The maximum Gasteiger partial charge on any atom is 0.253 e. The number of carbonyl (C=O) groups excluding carboxylic acids is 1. The Morgan fingerprint density at radius 2 is 2.16 bits per heavy atom. The lowest BCUT2D eigenvalue weighted by atomic mass is 10.1. The van der Waals surface area contributed by atoms with Gasteiger partial charge in [0.05, 0.1) is 6.61 Å². The van der Waals surface area contributed by atoms with Gasteiger partial charge in [0.2, 0.25) is 0 Å². The Kier molecular flexibility index (Phi) is 6.24. The number of nitrogens with one attached hydrogen (secondary N) is 1. The monoisotopic (exact) mass is 285 g/mol. The fourth-order valence-corrected chi connectivity index (χ4v) is 2.23. The first-order valence-electron chi connectivity index (χ1n) is 5.98. The summed E-state index contributed by atoms with van der Waals surface area (Å²) in [5.41, 5.74) is 3.11. The van der Waals surface area contributed by atoms with Crippen LogP contribution in [0, 0.1) is 0 Å². The summed E-state index contributed by atoms with van der Waals surface area (Å²) in [5, 5.41) is 0.672. The Balaban J connectivity index is 2.93. The molecular formula is C13H20ClN3O2. The Labute approximate surface area is 118 Å². The molecule has 1 aromatic carbocycles. The van der Waals surface area contributed by atoms with E-state index in [0.717, 1.165) is 5.56 Å². The van der Waals surface area contributed by atoms with E-state index in [2.05, 4.69) is 5.43 Å². The summed E-state index contributed by atoms with van der Waals surface area (Å²) in [6.07, 6.45) is 0. The van der Waals surface area contributed by atoms with Crippen LogP contribution in [-0.2, 0) is 9.53 Å². The van der Waals surface area contributed by atoms with Crippen LogP contribution >= 0.6 is 11.6 Å². The third-order valence-corrected chi connectivity index (χ3v) is 3.57. The second-order valence-electron chi connectivity index (χ2n) is 4.34. The van der Waals surface area contributed by atoms with E-state index in [0.29, 0.717) is 5.02 Å². The van der Waals surface area contributed by atoms with Gasteiger partial charge in [0, 0.05) is 18.2 Å². The summed E-state index contributed by atoms with van der Waals surface area (Å²) >= 11 is 6.18. The van der Waals surface area contributed by atoms with Gasteiger partial charge in [0.15, 0.2) is 0 Å². The van der Waals surface area contributed by atoms with Crippen molar-refractivity contribution < 1.29 is 9.53 Å². The van der Waals surface area contributed by atoms with Crippen LogP contribution in [0.5, 0.6) is 0 Å². The number of nitrogens with zero attached hydrogens (tertiary/aromatic N) is 1. The molecule has 0 saturated carbocycles. The van der Waals surface area contributed by atoms with Crippen molar-refractivity contribution in [2.24, 2.45) is 5.84 Å². The minimum Gasteiger partial charge on any atom is -0.383 e. The molecule has 0 aromatic heterocycles. The van der Waals surface area contributed by atoms with Crippen LogP contribution in [0.4, 0.5) is 0 Å². The normalized spacial score (nSPS) is 14.2. The molecule has 0 aliphatic rings. The van der Waals surface area contributed by atoms with Crippen LogP contribution in [-0.4, -0.2) is 37.6 Å². The highest BCUT2D eigenvalue weighted by molar-refractivity contribution is 6.31. The van der Waals surface area contributed by atoms with Crippen LogP contribution in [0.25, 0.3) is 0 Å². The molecule has 106 valence electrons. The molecule has 0 bridgehead atoms. The topological polar surface area (TPSA) is 67.6 Å². The zero-order valence-electron chi connectivity index (χ0n) is 11.4. The van der Waals surface area contributed by atoms with Crippen LogP contribution in [0.1, 0.15) is 18.5 Å². The maximum atomic E-state index is 11.8. The van der Waals surface area contributed by atoms with Gasteiger partial charge >= 0.3 is 0 Å². The van der Waals surface area contributed by atoms with E-state index in [1.165, 1.54) is 0 Å². The Bertz CT molecular complexity index is 428. The van der Waals surface area contributed by atoms with Crippen molar-refractivity contribution in [3.05, 3.63) is 34.9 Å². The van der Waals surface area contributed by atoms with E-state index in [-0.39, 0.29) is 18.6 Å². The minimum absolute atomic E-state index is 0.0360. The Morgan fingerprint density at radius 3 is 2.68 bits per heavy atom. The highest BCUT2D eigenvalue weighted by Gasteiger charge is 2.27. The van der Waals surface area contributed by atoms with Gasteiger partial charge in [-0.05, 0) is 25.6 Å². The van der Waals surface area contributed by atoms with Crippen molar-refractivity contribution >= 4 is 17.5 Å². The van der Waals surface area contributed by atoms with E-state index < -0.39 is 6.04 Å². The molecule has 0 aliphatic heterocycles. The third-order valence-electron chi connectivity index (χ3n) is 3.23. The molecule has 2 unspecified atom stereocenters. The van der Waals surface area contributed by atoms with E-state index in [9.17, 15) is 4.79 Å². The predicted molar refractivity (Wildman–Crippen MR) is 75.6 cm³/mol. The number of hydrogen-bond donors (Lipinski definition) is 2. The number of nitrogens with two attached hydrogens (primary N) is 1. The fourth-order valence-electron chi connectivity index (χ4n) is 1.94. The molecule has 5 nitrogen and oxygen atoms in total. The molecule has 0 heterocycles. The van der Waals surface area contributed by atoms with Crippen molar-refractivity contribution in [2.75, 3.05) is 20.8 Å². The summed E-state index contributed by atoms with van der Waals surface area (Å²) in [4.78, 5) is 13.7. The molecule has 0 spiro atoms. The number of halogens is 1. The molecule has 1 amide bonds. The highest BCUT2D eigenvalue weighted by Crippen LogP contribution is 2.27. The van der Waals surface area contributed by atoms with Crippen LogP contribution in [0.2, 0.25) is 5.02 Å². The average Bonchev–Trinajstić information content (AvgIpc) is 2.43. The summed E-state index contributed by atoms with van der Waals surface area (Å²) in [5.74, 6) is 4.91. The van der Waals surface area contributed by atoms with E-state index >= 15 is 0 Å². The molecule has 1 aromatic rings. The maximum absolute atomic E-state index is 11.8. The number of methoxy groups -OCH3 is 1. The lowest BCUT2D eigenvalue weighted by Gasteiger charge is -2.32. The van der Waals surface area contributed by atoms with Crippen molar-refractivity contribution in [1.29, 1.82) is 0 Å². The molecule has 3 N–H and O–H groups in total. The highest BCUT2D eigenvalue weighted by atomic mass is 35.5. The smallest absolute Gasteiger partial charge is 0.253 e. The Morgan fingerprint density at radius 1 is 1.53 bits per heavy atom. The average molecular weight is 286 g/mol. The minimum atomic E-state index is -0.471. The van der Waals surface area contributed by atoms with Gasteiger partial charge in [0.25, 0.3) is 5.91 Å². The molecule has 0 saturated heterocycles. The molecule has 6 heteroatoms. The fraction of sp³-hybridized carbons (Fsp3) is 0.462. The van der Waals surface area contributed by atoms with Gasteiger partial charge in [-0.25, -0.2) is 5.84 Å². The van der Waals surface area contributed by atoms with Crippen LogP contribution in [0.15, 0.2) is 24.3 Å². The third kappa shape index (κ3) is 3.91. The van der Waals surface area contributed by atoms with E-state index in [1.807, 2.05) is 43.1 Å². The van der Waals surface area contributed by atoms with Gasteiger partial charge in [-0.1, -0.05) is 29.8 Å². The lowest BCUT2D eigenvalue weighted by molar-refractivity contribution is -0.128. The summed E-state index contributed by atoms with van der Waals surface area (Å²) in [6, 6.07) is 7.05. The van der Waals surface area contributed by atoms with E-state index in [4.69, 9.17) is 22.2 Å². The van der Waals surface area contributed by atoms with Gasteiger partial charge in [0.1, 0.15) is 6.04 Å². The van der Waals surface area contributed by atoms with Crippen molar-refractivity contribution in [1.82, 2.24) is 10.3 Å². The molecule has 0 aliphatic carbocycles. The Hall–Kier alpha value is -1.14. The number of benzene rings is 1. The molecule has 19 heavy (non-hydrogen) atoms. The zero-order valence-corrected chi connectivity index (χ0v) is 12.1. The number of amides is 1. The summed E-state index contributed by atoms with van der Waals surface area (Å²) in [6.45, 7) is 2.24. The van der Waals surface area contributed by atoms with E-state index in [1.54, 1.807) is 7.11 Å². The summed E-state index contributed by atoms with van der Waals surface area (Å²) < 4.78 is 5.07. The van der Waals surface area contributed by atoms with Gasteiger partial charge < -0.3 is 4.74 Å². The SMILES string of the molecule is COCC(C(=O)NN)N(C)C(C)c1ccccc1Cl. The lowest BCUT2D eigenvalue weighted by Crippen LogP contribution is -2.50. The molecular weight excluding hydrogens is 266 g/mol. The van der Waals surface area contributed by atoms with Gasteiger partial charge in [-0.15, -0.1) is 0 Å². The number of rotatable bonds is 6. The van der Waals surface area contributed by atoms with Gasteiger partial charge in [-0.3, -0.25) is 15.1 Å². The van der Waals surface area contributed by atoms with Crippen LogP contribution in [0.3, 0.4) is 0 Å². The largest absolute Gasteiger partial charge is 0.383 e. The molecule has 0 fully saturated rings. The first kappa shape index (κ1) is 15.9. The second-order valence-corrected chi connectivity index (χ2v) is 4.75. The van der Waals surface area contributed by atoms with Crippen molar-refractivity contribution in [2.45, 2.75) is 19.0 Å². The molecule has 1 rings (SSSR count). The van der Waals surface area contributed by atoms with Crippen LogP contribution < -0.4 is 11.3 Å². The number of hydrogen-bond acceptors (Lipinski definition) is 4. The van der Waals surface area contributed by atoms with Gasteiger partial charge in [-0.2, -0.15) is 0 Å². The number of likely N-dealkylation sites (N-methyl/N-ethyl adjacent to an activating group) is 1. The number of carbonyl (C=O) groups is 1. The van der Waals surface area contributed by atoms with Crippen molar-refractivity contribution in [3.63, 3.8) is 0 Å². The molecule has 0 radical (unpaired) electrons.